The molecule has 8 heteroatoms. The van der Waals surface area contributed by atoms with Gasteiger partial charge in [0.15, 0.2) is 0 Å². The summed E-state index contributed by atoms with van der Waals surface area (Å²) in [6.45, 7) is 11.0. The number of likely N-dealkylation sites (N-methyl/N-ethyl adjacent to an activating group) is 2. The first-order chi connectivity index (χ1) is 16.5. The third-order valence-electron chi connectivity index (χ3n) is 6.20. The lowest BCUT2D eigenvalue weighted by Gasteiger charge is -2.23. The predicted molar refractivity (Wildman–Crippen MR) is 141 cm³/mol. The Balaban J connectivity index is 1.67. The molecule has 3 rings (SSSR count). The minimum atomic E-state index is 0.189. The monoisotopic (exact) mass is 465 g/mol. The predicted octanol–water partition coefficient (Wildman–Crippen LogP) is 4.02. The third-order valence-corrected chi connectivity index (χ3v) is 6.20. The Morgan fingerprint density at radius 2 is 1.88 bits per heavy atom. The summed E-state index contributed by atoms with van der Waals surface area (Å²) in [5, 5.41) is 7.45. The summed E-state index contributed by atoms with van der Waals surface area (Å²) in [5.74, 6) is 1.63. The molecular formula is C26H39N7O. The lowest BCUT2D eigenvalue weighted by atomic mass is 10.2. The molecule has 0 saturated heterocycles. The molecule has 0 fully saturated rings. The van der Waals surface area contributed by atoms with Crippen LogP contribution in [0, 0.1) is 0 Å². The van der Waals surface area contributed by atoms with Gasteiger partial charge in [-0.3, -0.25) is 4.79 Å². The number of amides is 1. The van der Waals surface area contributed by atoms with Gasteiger partial charge in [0.05, 0.1) is 5.52 Å². The van der Waals surface area contributed by atoms with Crippen LogP contribution in [-0.2, 0) is 11.2 Å². The van der Waals surface area contributed by atoms with Gasteiger partial charge in [0.2, 0.25) is 11.9 Å². The number of aromatic nitrogens is 3. The highest BCUT2D eigenvalue weighted by Crippen LogP contribution is 2.25. The minimum Gasteiger partial charge on any atom is -0.369 e. The highest BCUT2D eigenvalue weighted by atomic mass is 16.2. The summed E-state index contributed by atoms with van der Waals surface area (Å²) >= 11 is 0. The van der Waals surface area contributed by atoms with Gasteiger partial charge in [0.25, 0.3) is 0 Å². The highest BCUT2D eigenvalue weighted by molar-refractivity contribution is 5.91. The van der Waals surface area contributed by atoms with E-state index in [1.807, 2.05) is 25.2 Å². The van der Waals surface area contributed by atoms with Gasteiger partial charge in [-0.05, 0) is 55.8 Å². The molecule has 0 saturated carbocycles. The summed E-state index contributed by atoms with van der Waals surface area (Å²) < 4.78 is 2.09. The third kappa shape index (κ3) is 6.47. The molecule has 0 atom stereocenters. The molecule has 34 heavy (non-hydrogen) atoms. The van der Waals surface area contributed by atoms with Crippen LogP contribution >= 0.6 is 0 Å². The van der Waals surface area contributed by atoms with Crippen LogP contribution in [-0.4, -0.2) is 77.1 Å². The van der Waals surface area contributed by atoms with E-state index in [0.29, 0.717) is 12.4 Å². The van der Waals surface area contributed by atoms with Crippen molar-refractivity contribution < 1.29 is 4.79 Å². The van der Waals surface area contributed by atoms with Crippen molar-refractivity contribution >= 4 is 28.6 Å². The fourth-order valence-corrected chi connectivity index (χ4v) is 3.92. The second kappa shape index (κ2) is 12.4. The van der Waals surface area contributed by atoms with E-state index in [9.17, 15) is 4.79 Å². The van der Waals surface area contributed by atoms with Crippen molar-refractivity contribution in [3.8, 4) is 5.69 Å². The molecule has 0 aliphatic carbocycles. The molecule has 8 nitrogen and oxygen atoms in total. The van der Waals surface area contributed by atoms with E-state index in [4.69, 9.17) is 0 Å². The van der Waals surface area contributed by atoms with Crippen molar-refractivity contribution in [1.29, 1.82) is 0 Å². The van der Waals surface area contributed by atoms with Crippen LogP contribution in [0.15, 0.2) is 36.7 Å². The molecule has 0 spiro atoms. The summed E-state index contributed by atoms with van der Waals surface area (Å²) in [7, 11) is 3.73. The first kappa shape index (κ1) is 25.5. The molecule has 0 aliphatic rings. The van der Waals surface area contributed by atoms with Gasteiger partial charge in [0, 0.05) is 63.6 Å². The van der Waals surface area contributed by atoms with Gasteiger partial charge < -0.3 is 25.0 Å². The molecule has 184 valence electrons. The number of benzene rings is 1. The zero-order chi connectivity index (χ0) is 24.5. The van der Waals surface area contributed by atoms with Gasteiger partial charge in [-0.1, -0.05) is 20.8 Å². The standard InChI is InChI=1S/C26H39N7O/c1-6-14-28-25-22-11-10-21(18-23(22)29-26(27-4)30-25)33-15-13-20(19-33)9-12-24(34)31(5)16-17-32(7-2)8-3/h10-11,13,15,18-19H,6-9,12,14,16-17H2,1-5H3,(H2,27,28,29,30). The van der Waals surface area contributed by atoms with E-state index < -0.39 is 0 Å². The molecule has 2 N–H and O–H groups in total. The van der Waals surface area contributed by atoms with E-state index in [-0.39, 0.29) is 5.91 Å². The molecule has 0 unspecified atom stereocenters. The van der Waals surface area contributed by atoms with E-state index in [1.54, 1.807) is 0 Å². The first-order valence-corrected chi connectivity index (χ1v) is 12.4. The topological polar surface area (TPSA) is 78.3 Å². The van der Waals surface area contributed by atoms with E-state index in [1.165, 1.54) is 0 Å². The normalized spacial score (nSPS) is 11.2. The minimum absolute atomic E-state index is 0.189. The number of carbonyl (C=O) groups excluding carboxylic acids is 1. The van der Waals surface area contributed by atoms with Crippen LogP contribution in [0.5, 0.6) is 0 Å². The summed E-state index contributed by atoms with van der Waals surface area (Å²) in [4.78, 5) is 26.0. The maximum absolute atomic E-state index is 12.6. The van der Waals surface area contributed by atoms with Crippen LogP contribution in [0.25, 0.3) is 16.6 Å². The molecule has 2 heterocycles. The quantitative estimate of drug-likeness (QED) is 0.397. The largest absolute Gasteiger partial charge is 0.369 e. The Bertz CT molecular complexity index is 1070. The number of nitrogens with one attached hydrogen (secondary N) is 2. The second-order valence-corrected chi connectivity index (χ2v) is 8.54. The van der Waals surface area contributed by atoms with Gasteiger partial charge in [-0.2, -0.15) is 4.98 Å². The van der Waals surface area contributed by atoms with Crippen molar-refractivity contribution in [2.75, 3.05) is 57.5 Å². The van der Waals surface area contributed by atoms with Crippen molar-refractivity contribution in [1.82, 2.24) is 24.3 Å². The van der Waals surface area contributed by atoms with Crippen molar-refractivity contribution in [3.63, 3.8) is 0 Å². The number of anilines is 2. The van der Waals surface area contributed by atoms with Crippen LogP contribution in [0.2, 0.25) is 0 Å². The van der Waals surface area contributed by atoms with Gasteiger partial charge in [-0.15, -0.1) is 0 Å². The van der Waals surface area contributed by atoms with E-state index in [2.05, 4.69) is 81.3 Å². The Morgan fingerprint density at radius 1 is 1.09 bits per heavy atom. The lowest BCUT2D eigenvalue weighted by molar-refractivity contribution is -0.130. The summed E-state index contributed by atoms with van der Waals surface area (Å²) in [5.41, 5.74) is 3.06. The Labute approximate surface area is 203 Å². The zero-order valence-corrected chi connectivity index (χ0v) is 21.3. The highest BCUT2D eigenvalue weighted by Gasteiger charge is 2.12. The summed E-state index contributed by atoms with van der Waals surface area (Å²) in [6.07, 6.45) is 6.41. The number of carbonyl (C=O) groups is 1. The molecule has 0 radical (unpaired) electrons. The fraction of sp³-hybridized carbons (Fsp3) is 0.500. The first-order valence-electron chi connectivity index (χ1n) is 12.4. The lowest BCUT2D eigenvalue weighted by Crippen LogP contribution is -2.36. The van der Waals surface area contributed by atoms with Crippen molar-refractivity contribution in [3.05, 3.63) is 42.2 Å². The SMILES string of the molecule is CCCNc1nc(NC)nc2cc(-n3ccc(CCC(=O)N(C)CCN(CC)CC)c3)ccc12. The molecule has 2 aromatic heterocycles. The maximum atomic E-state index is 12.6. The Hall–Kier alpha value is -3.13. The Kier molecular flexibility index (Phi) is 9.27. The van der Waals surface area contributed by atoms with Crippen LogP contribution in [0.3, 0.4) is 0 Å². The average Bonchev–Trinajstić information content (AvgIpc) is 3.34. The number of aryl methyl sites for hydroxylation is 1. The molecule has 0 bridgehead atoms. The van der Waals surface area contributed by atoms with Crippen molar-refractivity contribution in [2.24, 2.45) is 0 Å². The molecule has 0 aliphatic heterocycles. The second-order valence-electron chi connectivity index (χ2n) is 8.54. The van der Waals surface area contributed by atoms with Gasteiger partial charge in [0.1, 0.15) is 5.82 Å². The maximum Gasteiger partial charge on any atom is 0.224 e. The molecule has 3 aromatic rings. The fourth-order valence-electron chi connectivity index (χ4n) is 3.92. The van der Waals surface area contributed by atoms with Gasteiger partial charge in [-0.25, -0.2) is 4.98 Å². The van der Waals surface area contributed by atoms with Crippen LogP contribution < -0.4 is 10.6 Å². The molecular weight excluding hydrogens is 426 g/mol. The number of fused-ring (bicyclic) bond motifs is 1. The average molecular weight is 466 g/mol. The zero-order valence-electron chi connectivity index (χ0n) is 21.3. The number of hydrogen-bond donors (Lipinski definition) is 2. The van der Waals surface area contributed by atoms with Crippen LogP contribution in [0.4, 0.5) is 11.8 Å². The van der Waals surface area contributed by atoms with E-state index >= 15 is 0 Å². The van der Waals surface area contributed by atoms with Crippen molar-refractivity contribution in [2.45, 2.75) is 40.0 Å². The number of rotatable bonds is 13. The molecule has 1 aromatic carbocycles. The van der Waals surface area contributed by atoms with E-state index in [0.717, 1.165) is 73.5 Å². The summed E-state index contributed by atoms with van der Waals surface area (Å²) in [6, 6.07) is 8.31. The number of nitrogens with zero attached hydrogens (tertiary/aromatic N) is 5. The van der Waals surface area contributed by atoms with Crippen LogP contribution in [0.1, 0.15) is 39.2 Å². The Morgan fingerprint density at radius 3 is 2.59 bits per heavy atom. The number of hydrogen-bond acceptors (Lipinski definition) is 6. The van der Waals surface area contributed by atoms with Gasteiger partial charge >= 0.3 is 0 Å². The smallest absolute Gasteiger partial charge is 0.224 e. The molecule has 1 amide bonds.